The zero-order chi connectivity index (χ0) is 10.5. The van der Waals surface area contributed by atoms with Crippen LogP contribution < -0.4 is 0 Å². The molecule has 0 saturated carbocycles. The van der Waals surface area contributed by atoms with E-state index in [1.807, 2.05) is 20.8 Å². The van der Waals surface area contributed by atoms with Crippen molar-refractivity contribution in [3.8, 4) is 0 Å². The third-order valence-electron chi connectivity index (χ3n) is 2.15. The van der Waals surface area contributed by atoms with Crippen molar-refractivity contribution in [1.29, 1.82) is 0 Å². The number of carbonyl (C=O) groups excluding carboxylic acids is 1. The molecule has 78 valence electrons. The standard InChI is InChI=1S/C11H22O2/c1-5-6-7-9(12)8-10(13)11(2,3)4/h9,12H,5-8H2,1-4H3. The number of hydrogen-bond acceptors (Lipinski definition) is 2. The summed E-state index contributed by atoms with van der Waals surface area (Å²) < 4.78 is 0. The minimum atomic E-state index is -0.438. The Morgan fingerprint density at radius 3 is 2.31 bits per heavy atom. The number of unbranched alkanes of at least 4 members (excludes halogenated alkanes) is 1. The molecular weight excluding hydrogens is 164 g/mol. The van der Waals surface area contributed by atoms with Crippen LogP contribution in [-0.2, 0) is 4.79 Å². The highest BCUT2D eigenvalue weighted by Gasteiger charge is 2.23. The van der Waals surface area contributed by atoms with Crippen LogP contribution in [0.5, 0.6) is 0 Å². The quantitative estimate of drug-likeness (QED) is 0.716. The van der Waals surface area contributed by atoms with E-state index in [0.717, 1.165) is 19.3 Å². The fourth-order valence-corrected chi connectivity index (χ4v) is 1.06. The number of ketones is 1. The van der Waals surface area contributed by atoms with Crippen LogP contribution in [0.25, 0.3) is 0 Å². The second-order valence-electron chi connectivity index (χ2n) is 4.67. The first-order valence-corrected chi connectivity index (χ1v) is 5.09. The van der Waals surface area contributed by atoms with Gasteiger partial charge in [-0.25, -0.2) is 0 Å². The molecule has 0 aromatic rings. The van der Waals surface area contributed by atoms with Gasteiger partial charge < -0.3 is 5.11 Å². The molecule has 2 nitrogen and oxygen atoms in total. The van der Waals surface area contributed by atoms with Gasteiger partial charge >= 0.3 is 0 Å². The largest absolute Gasteiger partial charge is 0.393 e. The highest BCUT2D eigenvalue weighted by molar-refractivity contribution is 5.83. The Hall–Kier alpha value is -0.370. The maximum atomic E-state index is 11.5. The van der Waals surface area contributed by atoms with Crippen LogP contribution in [-0.4, -0.2) is 17.0 Å². The SMILES string of the molecule is CCCCC(O)CC(=O)C(C)(C)C. The minimum Gasteiger partial charge on any atom is -0.393 e. The van der Waals surface area contributed by atoms with Crippen LogP contribution in [0.3, 0.4) is 0 Å². The van der Waals surface area contributed by atoms with Gasteiger partial charge in [0.25, 0.3) is 0 Å². The topological polar surface area (TPSA) is 37.3 Å². The van der Waals surface area contributed by atoms with Gasteiger partial charge in [-0.15, -0.1) is 0 Å². The van der Waals surface area contributed by atoms with Gasteiger partial charge in [-0.2, -0.15) is 0 Å². The highest BCUT2D eigenvalue weighted by atomic mass is 16.3. The number of aliphatic hydroxyl groups is 1. The van der Waals surface area contributed by atoms with Crippen LogP contribution in [0.15, 0.2) is 0 Å². The van der Waals surface area contributed by atoms with E-state index in [4.69, 9.17) is 0 Å². The Morgan fingerprint density at radius 1 is 1.38 bits per heavy atom. The number of carbonyl (C=O) groups is 1. The molecule has 1 unspecified atom stereocenters. The van der Waals surface area contributed by atoms with E-state index >= 15 is 0 Å². The first kappa shape index (κ1) is 12.6. The van der Waals surface area contributed by atoms with Gasteiger partial charge in [0.2, 0.25) is 0 Å². The second-order valence-corrected chi connectivity index (χ2v) is 4.67. The molecule has 0 spiro atoms. The first-order chi connectivity index (χ1) is 5.88. The smallest absolute Gasteiger partial charge is 0.140 e. The molecule has 0 rings (SSSR count). The fraction of sp³-hybridized carbons (Fsp3) is 0.909. The molecule has 13 heavy (non-hydrogen) atoms. The molecule has 0 radical (unpaired) electrons. The van der Waals surface area contributed by atoms with Crippen molar-refractivity contribution in [1.82, 2.24) is 0 Å². The van der Waals surface area contributed by atoms with E-state index in [-0.39, 0.29) is 11.2 Å². The van der Waals surface area contributed by atoms with E-state index in [1.54, 1.807) is 0 Å². The number of aliphatic hydroxyl groups excluding tert-OH is 1. The van der Waals surface area contributed by atoms with Crippen molar-refractivity contribution < 1.29 is 9.90 Å². The molecule has 0 bridgehead atoms. The average molecular weight is 186 g/mol. The normalized spacial score (nSPS) is 14.2. The molecule has 0 heterocycles. The lowest BCUT2D eigenvalue weighted by Crippen LogP contribution is -2.25. The van der Waals surface area contributed by atoms with Gasteiger partial charge in [0.1, 0.15) is 5.78 Å². The maximum absolute atomic E-state index is 11.5. The Labute approximate surface area is 81.3 Å². The van der Waals surface area contributed by atoms with Crippen LogP contribution >= 0.6 is 0 Å². The molecular formula is C11H22O2. The predicted octanol–water partition coefficient (Wildman–Crippen LogP) is 2.54. The minimum absolute atomic E-state index is 0.149. The molecule has 0 aliphatic carbocycles. The molecule has 0 aromatic carbocycles. The summed E-state index contributed by atoms with van der Waals surface area (Å²) in [5, 5.41) is 9.49. The summed E-state index contributed by atoms with van der Waals surface area (Å²) in [6.45, 7) is 7.75. The molecule has 0 saturated heterocycles. The fourth-order valence-electron chi connectivity index (χ4n) is 1.06. The Morgan fingerprint density at radius 2 is 1.92 bits per heavy atom. The van der Waals surface area contributed by atoms with Gasteiger partial charge in [-0.1, -0.05) is 40.5 Å². The summed E-state index contributed by atoms with van der Waals surface area (Å²) in [5.74, 6) is 0.149. The third kappa shape index (κ3) is 5.81. The summed E-state index contributed by atoms with van der Waals surface area (Å²) in [6, 6.07) is 0. The van der Waals surface area contributed by atoms with Crippen molar-refractivity contribution in [2.75, 3.05) is 0 Å². The molecule has 0 aromatic heterocycles. The molecule has 1 N–H and O–H groups in total. The van der Waals surface area contributed by atoms with Crippen LogP contribution in [0.2, 0.25) is 0 Å². The van der Waals surface area contributed by atoms with E-state index in [1.165, 1.54) is 0 Å². The molecule has 0 amide bonds. The zero-order valence-corrected chi connectivity index (χ0v) is 9.26. The van der Waals surface area contributed by atoms with Gasteiger partial charge in [0.15, 0.2) is 0 Å². The lowest BCUT2D eigenvalue weighted by molar-refractivity contribution is -0.128. The van der Waals surface area contributed by atoms with Crippen molar-refractivity contribution in [2.45, 2.75) is 59.5 Å². The van der Waals surface area contributed by atoms with Crippen LogP contribution in [0.4, 0.5) is 0 Å². The molecule has 1 atom stereocenters. The lowest BCUT2D eigenvalue weighted by atomic mass is 9.87. The summed E-state index contributed by atoms with van der Waals surface area (Å²) >= 11 is 0. The van der Waals surface area contributed by atoms with E-state index in [0.29, 0.717) is 6.42 Å². The Bertz CT molecular complexity index is 156. The van der Waals surface area contributed by atoms with Gasteiger partial charge in [-0.05, 0) is 6.42 Å². The van der Waals surface area contributed by atoms with Crippen molar-refractivity contribution in [2.24, 2.45) is 5.41 Å². The first-order valence-electron chi connectivity index (χ1n) is 5.09. The monoisotopic (exact) mass is 186 g/mol. The number of rotatable bonds is 5. The van der Waals surface area contributed by atoms with Crippen molar-refractivity contribution in [3.63, 3.8) is 0 Å². The lowest BCUT2D eigenvalue weighted by Gasteiger charge is -2.18. The van der Waals surface area contributed by atoms with Crippen molar-refractivity contribution >= 4 is 5.78 Å². The summed E-state index contributed by atoms with van der Waals surface area (Å²) in [7, 11) is 0. The summed E-state index contributed by atoms with van der Waals surface area (Å²) in [5.41, 5.74) is -0.312. The average Bonchev–Trinajstić information content (AvgIpc) is 1.99. The van der Waals surface area contributed by atoms with E-state index in [9.17, 15) is 9.90 Å². The highest BCUT2D eigenvalue weighted by Crippen LogP contribution is 2.19. The van der Waals surface area contributed by atoms with Crippen LogP contribution in [0.1, 0.15) is 53.4 Å². The summed E-state index contributed by atoms with van der Waals surface area (Å²) in [6.07, 6.45) is 2.69. The van der Waals surface area contributed by atoms with E-state index < -0.39 is 6.10 Å². The number of hydrogen-bond donors (Lipinski definition) is 1. The molecule has 0 aliphatic rings. The van der Waals surface area contributed by atoms with Crippen LogP contribution in [0, 0.1) is 5.41 Å². The van der Waals surface area contributed by atoms with Gasteiger partial charge in [0.05, 0.1) is 6.10 Å². The Balaban J connectivity index is 3.79. The molecule has 0 aliphatic heterocycles. The van der Waals surface area contributed by atoms with Gasteiger partial charge in [0, 0.05) is 11.8 Å². The van der Waals surface area contributed by atoms with E-state index in [2.05, 4.69) is 6.92 Å². The predicted molar refractivity (Wildman–Crippen MR) is 54.6 cm³/mol. The van der Waals surface area contributed by atoms with Gasteiger partial charge in [-0.3, -0.25) is 4.79 Å². The second kappa shape index (κ2) is 5.38. The zero-order valence-electron chi connectivity index (χ0n) is 9.26. The third-order valence-corrected chi connectivity index (χ3v) is 2.15. The maximum Gasteiger partial charge on any atom is 0.140 e. The molecule has 0 fully saturated rings. The molecule has 2 heteroatoms. The Kier molecular flexibility index (Phi) is 5.23. The number of Topliss-reactive ketones (excluding diaryl/α,β-unsaturated/α-hetero) is 1. The van der Waals surface area contributed by atoms with Crippen molar-refractivity contribution in [3.05, 3.63) is 0 Å². The summed E-state index contributed by atoms with van der Waals surface area (Å²) in [4.78, 5) is 11.5.